The summed E-state index contributed by atoms with van der Waals surface area (Å²) >= 11 is 0. The summed E-state index contributed by atoms with van der Waals surface area (Å²) in [6, 6.07) is 0. The zero-order chi connectivity index (χ0) is 10.7. The second-order valence-electron chi connectivity index (χ2n) is 3.38. The Morgan fingerprint density at radius 3 is 2.93 bits per heavy atom. The molecule has 2 aromatic heterocycles. The molecule has 0 fully saturated rings. The second-order valence-corrected chi connectivity index (χ2v) is 3.38. The van der Waals surface area contributed by atoms with Crippen LogP contribution in [-0.2, 0) is 20.1 Å². The molecule has 0 aliphatic carbocycles. The average Bonchev–Trinajstić information content (AvgIpc) is 2.79. The minimum atomic E-state index is 0.653. The summed E-state index contributed by atoms with van der Waals surface area (Å²) in [6.07, 6.45) is 5.41. The summed E-state index contributed by atoms with van der Waals surface area (Å²) in [5.74, 6) is 0.897. The summed E-state index contributed by atoms with van der Waals surface area (Å²) in [5, 5.41) is 11.3. The van der Waals surface area contributed by atoms with E-state index >= 15 is 0 Å². The van der Waals surface area contributed by atoms with Gasteiger partial charge in [0.25, 0.3) is 0 Å². The van der Waals surface area contributed by atoms with Crippen LogP contribution in [0.2, 0.25) is 0 Å². The maximum absolute atomic E-state index is 4.25. The topological polar surface area (TPSA) is 60.6 Å². The van der Waals surface area contributed by atoms with Crippen molar-refractivity contribution >= 4 is 0 Å². The van der Waals surface area contributed by atoms with Gasteiger partial charge in [0.2, 0.25) is 0 Å². The van der Waals surface area contributed by atoms with Gasteiger partial charge in [0, 0.05) is 25.4 Å². The lowest BCUT2D eigenvalue weighted by atomic mass is 10.4. The molecule has 0 saturated carbocycles. The Morgan fingerprint density at radius 2 is 2.27 bits per heavy atom. The van der Waals surface area contributed by atoms with E-state index < -0.39 is 0 Å². The zero-order valence-corrected chi connectivity index (χ0v) is 8.88. The van der Waals surface area contributed by atoms with E-state index in [2.05, 4.69) is 20.5 Å². The highest BCUT2D eigenvalue weighted by Crippen LogP contribution is 2.00. The van der Waals surface area contributed by atoms with Gasteiger partial charge < -0.3 is 5.32 Å². The third-order valence-corrected chi connectivity index (χ3v) is 2.18. The number of rotatable bonds is 4. The lowest BCUT2D eigenvalue weighted by Crippen LogP contribution is -2.07. The molecule has 2 heterocycles. The number of aryl methyl sites for hydroxylation is 1. The van der Waals surface area contributed by atoms with Gasteiger partial charge in [0.15, 0.2) is 0 Å². The van der Waals surface area contributed by atoms with Crippen molar-refractivity contribution in [2.75, 3.05) is 7.05 Å². The highest BCUT2D eigenvalue weighted by molar-refractivity contribution is 5.04. The largest absolute Gasteiger partial charge is 0.316 e. The maximum atomic E-state index is 4.25. The van der Waals surface area contributed by atoms with Crippen LogP contribution in [0.4, 0.5) is 0 Å². The zero-order valence-electron chi connectivity index (χ0n) is 8.88. The summed E-state index contributed by atoms with van der Waals surface area (Å²) in [7, 11) is 3.79. The Kier molecular flexibility index (Phi) is 2.77. The molecule has 0 aromatic carbocycles. The predicted molar refractivity (Wildman–Crippen MR) is 55.1 cm³/mol. The fourth-order valence-corrected chi connectivity index (χ4v) is 1.40. The minimum Gasteiger partial charge on any atom is -0.316 e. The van der Waals surface area contributed by atoms with Crippen LogP contribution in [0.5, 0.6) is 0 Å². The number of aromatic nitrogens is 5. The lowest BCUT2D eigenvalue weighted by molar-refractivity contribution is 0.607. The molecule has 0 saturated heterocycles. The molecule has 0 aliphatic heterocycles. The third kappa shape index (κ3) is 2.21. The molecule has 0 spiro atoms. The van der Waals surface area contributed by atoms with Crippen molar-refractivity contribution in [3.8, 4) is 0 Å². The van der Waals surface area contributed by atoms with E-state index in [-0.39, 0.29) is 0 Å². The molecule has 0 atom stereocenters. The SMILES string of the molecule is CNCc1cnn(Cc2ncnn2C)c1. The molecule has 0 bridgehead atoms. The number of nitrogens with zero attached hydrogens (tertiary/aromatic N) is 5. The standard InChI is InChI=1S/C9H14N6/c1-10-3-8-4-12-15(5-8)6-9-11-7-13-14(9)2/h4-5,7,10H,3,6H2,1-2H3. The van der Waals surface area contributed by atoms with Gasteiger partial charge >= 0.3 is 0 Å². The minimum absolute atomic E-state index is 0.653. The predicted octanol–water partition coefficient (Wildman–Crippen LogP) is -0.221. The molecular weight excluding hydrogens is 192 g/mol. The van der Waals surface area contributed by atoms with Gasteiger partial charge in [-0.05, 0) is 7.05 Å². The van der Waals surface area contributed by atoms with Crippen LogP contribution in [0.15, 0.2) is 18.7 Å². The highest BCUT2D eigenvalue weighted by Gasteiger charge is 2.03. The monoisotopic (exact) mass is 206 g/mol. The molecule has 2 rings (SSSR count). The van der Waals surface area contributed by atoms with E-state index in [9.17, 15) is 0 Å². The van der Waals surface area contributed by atoms with Crippen LogP contribution in [0.1, 0.15) is 11.4 Å². The van der Waals surface area contributed by atoms with Crippen molar-refractivity contribution in [3.63, 3.8) is 0 Å². The van der Waals surface area contributed by atoms with Crippen LogP contribution in [0, 0.1) is 0 Å². The van der Waals surface area contributed by atoms with Gasteiger partial charge in [-0.15, -0.1) is 0 Å². The fraction of sp³-hybridized carbons (Fsp3) is 0.444. The molecule has 1 N–H and O–H groups in total. The Morgan fingerprint density at radius 1 is 1.40 bits per heavy atom. The third-order valence-electron chi connectivity index (χ3n) is 2.18. The van der Waals surface area contributed by atoms with Gasteiger partial charge in [-0.25, -0.2) is 4.98 Å². The van der Waals surface area contributed by atoms with Crippen molar-refractivity contribution in [2.45, 2.75) is 13.1 Å². The lowest BCUT2D eigenvalue weighted by Gasteiger charge is -1.99. The smallest absolute Gasteiger partial charge is 0.148 e. The van der Waals surface area contributed by atoms with Crippen molar-refractivity contribution < 1.29 is 0 Å². The van der Waals surface area contributed by atoms with Gasteiger partial charge in [-0.2, -0.15) is 10.2 Å². The van der Waals surface area contributed by atoms with E-state index in [1.807, 2.05) is 31.2 Å². The first kappa shape index (κ1) is 9.85. The molecule has 15 heavy (non-hydrogen) atoms. The summed E-state index contributed by atoms with van der Waals surface area (Å²) in [5.41, 5.74) is 1.17. The van der Waals surface area contributed by atoms with Crippen molar-refractivity contribution in [1.82, 2.24) is 29.9 Å². The summed E-state index contributed by atoms with van der Waals surface area (Å²) in [4.78, 5) is 4.14. The first-order valence-electron chi connectivity index (χ1n) is 4.78. The summed E-state index contributed by atoms with van der Waals surface area (Å²) in [6.45, 7) is 1.49. The van der Waals surface area contributed by atoms with Crippen LogP contribution in [0.3, 0.4) is 0 Å². The van der Waals surface area contributed by atoms with Crippen molar-refractivity contribution in [1.29, 1.82) is 0 Å². The molecule has 6 nitrogen and oxygen atoms in total. The Bertz CT molecular complexity index is 429. The quantitative estimate of drug-likeness (QED) is 0.751. The Labute approximate surface area is 87.9 Å². The van der Waals surface area contributed by atoms with Gasteiger partial charge in [0.1, 0.15) is 18.7 Å². The summed E-state index contributed by atoms with van der Waals surface area (Å²) < 4.78 is 3.61. The van der Waals surface area contributed by atoms with E-state index in [1.54, 1.807) is 11.0 Å². The van der Waals surface area contributed by atoms with Gasteiger partial charge in [-0.3, -0.25) is 9.36 Å². The van der Waals surface area contributed by atoms with Crippen LogP contribution >= 0.6 is 0 Å². The van der Waals surface area contributed by atoms with Crippen LogP contribution in [-0.4, -0.2) is 31.6 Å². The maximum Gasteiger partial charge on any atom is 0.148 e. The molecular formula is C9H14N6. The molecule has 0 radical (unpaired) electrons. The molecule has 0 unspecified atom stereocenters. The molecule has 80 valence electrons. The van der Waals surface area contributed by atoms with Crippen LogP contribution < -0.4 is 5.32 Å². The normalized spacial score (nSPS) is 10.8. The van der Waals surface area contributed by atoms with E-state index in [4.69, 9.17) is 0 Å². The number of nitrogens with one attached hydrogen (secondary N) is 1. The Balaban J connectivity index is 2.08. The van der Waals surface area contributed by atoms with E-state index in [1.165, 1.54) is 5.56 Å². The van der Waals surface area contributed by atoms with Crippen molar-refractivity contribution in [3.05, 3.63) is 30.1 Å². The van der Waals surface area contributed by atoms with E-state index in [0.29, 0.717) is 6.54 Å². The molecule has 0 aliphatic rings. The van der Waals surface area contributed by atoms with Crippen LogP contribution in [0.25, 0.3) is 0 Å². The fourth-order valence-electron chi connectivity index (χ4n) is 1.40. The molecule has 0 amide bonds. The van der Waals surface area contributed by atoms with Gasteiger partial charge in [0.05, 0.1) is 6.20 Å². The first-order valence-corrected chi connectivity index (χ1v) is 4.78. The molecule has 2 aromatic rings. The highest BCUT2D eigenvalue weighted by atomic mass is 15.3. The van der Waals surface area contributed by atoms with Crippen molar-refractivity contribution in [2.24, 2.45) is 7.05 Å². The Hall–Kier alpha value is -1.69. The first-order chi connectivity index (χ1) is 7.29. The van der Waals surface area contributed by atoms with E-state index in [0.717, 1.165) is 12.4 Å². The molecule has 6 heteroatoms. The van der Waals surface area contributed by atoms with Gasteiger partial charge in [-0.1, -0.05) is 0 Å². The average molecular weight is 206 g/mol. The number of hydrogen-bond donors (Lipinski definition) is 1. The number of hydrogen-bond acceptors (Lipinski definition) is 4. The second kappa shape index (κ2) is 4.22.